The summed E-state index contributed by atoms with van der Waals surface area (Å²) in [7, 11) is 1.99. The Balaban J connectivity index is 2.62. The number of nitrogens with one attached hydrogen (secondary N) is 1. The molecular weight excluding hydrogens is 162 g/mol. The molecule has 0 aromatic carbocycles. The minimum absolute atomic E-state index is 0.522. The van der Waals surface area contributed by atoms with Gasteiger partial charge in [0.1, 0.15) is 6.33 Å². The monoisotopic (exact) mass is 179 g/mol. The number of hydrogen-bond donors (Lipinski definition) is 1. The van der Waals surface area contributed by atoms with E-state index in [9.17, 15) is 0 Å². The molecule has 0 aliphatic rings. The molecule has 0 saturated carbocycles. The van der Waals surface area contributed by atoms with E-state index in [1.807, 2.05) is 20.0 Å². The molecule has 0 radical (unpaired) electrons. The Kier molecular flexibility index (Phi) is 3.83. The highest BCUT2D eigenvalue weighted by molar-refractivity contribution is 5.07. The maximum Gasteiger partial charge on any atom is 0.115 e. The fourth-order valence-corrected chi connectivity index (χ4v) is 1.32. The van der Waals surface area contributed by atoms with Gasteiger partial charge in [0.05, 0.1) is 0 Å². The molecule has 1 heterocycles. The fourth-order valence-electron chi connectivity index (χ4n) is 1.32. The van der Waals surface area contributed by atoms with Gasteiger partial charge in [0.15, 0.2) is 0 Å². The lowest BCUT2D eigenvalue weighted by Gasteiger charge is -2.12. The molecule has 0 aliphatic carbocycles. The van der Waals surface area contributed by atoms with E-state index >= 15 is 0 Å². The fraction of sp³-hybridized carbons (Fsp3) is 0.600. The first kappa shape index (κ1) is 10.1. The van der Waals surface area contributed by atoms with Gasteiger partial charge in [-0.2, -0.15) is 0 Å². The summed E-state index contributed by atoms with van der Waals surface area (Å²) in [6, 6.07) is 2.56. The Labute approximate surface area is 79.6 Å². The van der Waals surface area contributed by atoms with Gasteiger partial charge in [0.25, 0.3) is 0 Å². The molecule has 3 heteroatoms. The van der Waals surface area contributed by atoms with E-state index in [4.69, 9.17) is 0 Å². The lowest BCUT2D eigenvalue weighted by Crippen LogP contribution is -2.26. The van der Waals surface area contributed by atoms with Crippen LogP contribution in [-0.2, 0) is 6.42 Å². The predicted octanol–water partition coefficient (Wildman–Crippen LogP) is 1.33. The van der Waals surface area contributed by atoms with E-state index in [2.05, 4.69) is 22.2 Å². The molecule has 1 aromatic rings. The van der Waals surface area contributed by atoms with Crippen LogP contribution in [0.5, 0.6) is 0 Å². The van der Waals surface area contributed by atoms with Gasteiger partial charge in [-0.15, -0.1) is 0 Å². The van der Waals surface area contributed by atoms with Crippen LogP contribution < -0.4 is 5.32 Å². The minimum Gasteiger partial charge on any atom is -0.317 e. The zero-order valence-corrected chi connectivity index (χ0v) is 8.54. The molecule has 1 N–H and O–H groups in total. The van der Waals surface area contributed by atoms with Crippen molar-refractivity contribution in [3.8, 4) is 0 Å². The van der Waals surface area contributed by atoms with Crippen molar-refractivity contribution in [2.45, 2.75) is 32.7 Å². The molecule has 0 aliphatic heterocycles. The van der Waals surface area contributed by atoms with Gasteiger partial charge >= 0.3 is 0 Å². The summed E-state index contributed by atoms with van der Waals surface area (Å²) in [4.78, 5) is 8.29. The molecular formula is C10H17N3. The maximum atomic E-state index is 4.22. The quantitative estimate of drug-likeness (QED) is 0.757. The number of aromatic nitrogens is 2. The molecule has 0 spiro atoms. The Bertz CT molecular complexity index is 256. The summed E-state index contributed by atoms with van der Waals surface area (Å²) < 4.78 is 0. The van der Waals surface area contributed by atoms with Crippen LogP contribution in [0.25, 0.3) is 0 Å². The van der Waals surface area contributed by atoms with Crippen LogP contribution in [0.15, 0.2) is 12.4 Å². The molecule has 3 nitrogen and oxygen atoms in total. The molecule has 1 atom stereocenters. The van der Waals surface area contributed by atoms with Crippen molar-refractivity contribution < 1.29 is 0 Å². The van der Waals surface area contributed by atoms with E-state index < -0.39 is 0 Å². The summed E-state index contributed by atoms with van der Waals surface area (Å²) in [5.41, 5.74) is 2.16. The minimum atomic E-state index is 0.522. The van der Waals surface area contributed by atoms with Crippen LogP contribution >= 0.6 is 0 Å². The van der Waals surface area contributed by atoms with Crippen molar-refractivity contribution in [3.05, 3.63) is 23.8 Å². The lowest BCUT2D eigenvalue weighted by atomic mass is 10.1. The number of likely N-dealkylation sites (N-methyl/N-ethyl adjacent to an activating group) is 1. The summed E-state index contributed by atoms with van der Waals surface area (Å²) in [6.45, 7) is 4.17. The molecule has 0 fully saturated rings. The summed E-state index contributed by atoms with van der Waals surface area (Å²) in [5.74, 6) is 0. The molecule has 1 rings (SSSR count). The molecule has 1 unspecified atom stereocenters. The van der Waals surface area contributed by atoms with Gasteiger partial charge in [-0.1, -0.05) is 6.92 Å². The van der Waals surface area contributed by atoms with Gasteiger partial charge in [-0.3, -0.25) is 0 Å². The van der Waals surface area contributed by atoms with E-state index in [-0.39, 0.29) is 0 Å². The largest absolute Gasteiger partial charge is 0.317 e. The second kappa shape index (κ2) is 4.92. The first-order chi connectivity index (χ1) is 6.26. The normalized spacial score (nSPS) is 12.8. The van der Waals surface area contributed by atoms with Gasteiger partial charge < -0.3 is 5.32 Å². The van der Waals surface area contributed by atoms with Crippen LogP contribution in [0.1, 0.15) is 24.7 Å². The number of nitrogens with zero attached hydrogens (tertiary/aromatic N) is 2. The van der Waals surface area contributed by atoms with E-state index in [0.717, 1.165) is 24.2 Å². The van der Waals surface area contributed by atoms with Crippen LogP contribution in [-0.4, -0.2) is 23.1 Å². The molecule has 13 heavy (non-hydrogen) atoms. The lowest BCUT2D eigenvalue weighted by molar-refractivity contribution is 0.537. The third-order valence-electron chi connectivity index (χ3n) is 2.22. The van der Waals surface area contributed by atoms with Crippen molar-refractivity contribution in [1.29, 1.82) is 0 Å². The van der Waals surface area contributed by atoms with Crippen molar-refractivity contribution in [3.63, 3.8) is 0 Å². The Hall–Kier alpha value is -0.960. The third kappa shape index (κ3) is 3.11. The predicted molar refractivity (Wildman–Crippen MR) is 53.6 cm³/mol. The highest BCUT2D eigenvalue weighted by Crippen LogP contribution is 2.03. The smallest absolute Gasteiger partial charge is 0.115 e. The van der Waals surface area contributed by atoms with Crippen molar-refractivity contribution in [2.24, 2.45) is 0 Å². The van der Waals surface area contributed by atoms with Crippen LogP contribution in [0.2, 0.25) is 0 Å². The zero-order chi connectivity index (χ0) is 9.68. The highest BCUT2D eigenvalue weighted by Gasteiger charge is 2.05. The van der Waals surface area contributed by atoms with Gasteiger partial charge in [0.2, 0.25) is 0 Å². The van der Waals surface area contributed by atoms with E-state index in [0.29, 0.717) is 6.04 Å². The SMILES string of the molecule is CCC(Cc1cc(C)ncn1)NC. The van der Waals surface area contributed by atoms with Crippen LogP contribution in [0, 0.1) is 6.92 Å². The Morgan fingerprint density at radius 2 is 2.23 bits per heavy atom. The van der Waals surface area contributed by atoms with Crippen molar-refractivity contribution in [2.75, 3.05) is 7.05 Å². The van der Waals surface area contributed by atoms with Crippen LogP contribution in [0.3, 0.4) is 0 Å². The van der Waals surface area contributed by atoms with E-state index in [1.54, 1.807) is 6.33 Å². The average molecular weight is 179 g/mol. The van der Waals surface area contributed by atoms with Gasteiger partial charge in [-0.05, 0) is 26.5 Å². The molecule has 0 saturated heterocycles. The van der Waals surface area contributed by atoms with Crippen LogP contribution in [0.4, 0.5) is 0 Å². The molecule has 0 amide bonds. The zero-order valence-electron chi connectivity index (χ0n) is 8.54. The van der Waals surface area contributed by atoms with Gasteiger partial charge in [0, 0.05) is 23.9 Å². The first-order valence-corrected chi connectivity index (χ1v) is 4.71. The molecule has 0 bridgehead atoms. The first-order valence-electron chi connectivity index (χ1n) is 4.71. The maximum absolute atomic E-state index is 4.22. The summed E-state index contributed by atoms with van der Waals surface area (Å²) in [6.07, 6.45) is 3.74. The van der Waals surface area contributed by atoms with Crippen molar-refractivity contribution >= 4 is 0 Å². The van der Waals surface area contributed by atoms with Crippen molar-refractivity contribution in [1.82, 2.24) is 15.3 Å². The Morgan fingerprint density at radius 1 is 1.46 bits per heavy atom. The second-order valence-electron chi connectivity index (χ2n) is 3.25. The third-order valence-corrected chi connectivity index (χ3v) is 2.22. The highest BCUT2D eigenvalue weighted by atomic mass is 14.9. The second-order valence-corrected chi connectivity index (χ2v) is 3.25. The average Bonchev–Trinajstić information content (AvgIpc) is 2.14. The topological polar surface area (TPSA) is 37.8 Å². The number of hydrogen-bond acceptors (Lipinski definition) is 3. The molecule has 72 valence electrons. The number of aryl methyl sites for hydroxylation is 1. The number of rotatable bonds is 4. The summed E-state index contributed by atoms with van der Waals surface area (Å²) in [5, 5.41) is 3.26. The molecule has 1 aromatic heterocycles. The van der Waals surface area contributed by atoms with E-state index in [1.165, 1.54) is 0 Å². The van der Waals surface area contributed by atoms with Gasteiger partial charge in [-0.25, -0.2) is 9.97 Å². The summed E-state index contributed by atoms with van der Waals surface area (Å²) >= 11 is 0. The standard InChI is InChI=1S/C10H17N3/c1-4-9(11-3)6-10-5-8(2)12-7-13-10/h5,7,9,11H,4,6H2,1-3H3. The Morgan fingerprint density at radius 3 is 2.77 bits per heavy atom.